The number of benzene rings is 3. The highest BCUT2D eigenvalue weighted by Gasteiger charge is 2.40. The molecule has 0 fully saturated rings. The molecule has 0 saturated carbocycles. The molecule has 0 unspecified atom stereocenters. The maximum absolute atomic E-state index is 14.0. The Labute approximate surface area is 243 Å². The van der Waals surface area contributed by atoms with Crippen LogP contribution in [0.15, 0.2) is 82.3 Å². The smallest absolute Gasteiger partial charge is 0.434 e. The normalized spacial score (nSPS) is 11.8. The Balaban J connectivity index is 1.38. The number of carbonyl (C=O) groups is 1. The van der Waals surface area contributed by atoms with Crippen molar-refractivity contribution < 1.29 is 35.6 Å². The van der Waals surface area contributed by atoms with Crippen LogP contribution < -0.4 is 14.8 Å². The van der Waals surface area contributed by atoms with E-state index >= 15 is 0 Å². The molecule has 15 heteroatoms. The summed E-state index contributed by atoms with van der Waals surface area (Å²) in [4.78, 5) is 16.8. The summed E-state index contributed by atoms with van der Waals surface area (Å²) in [6.07, 6.45) is -3.82. The molecule has 2 N–H and O–H groups in total. The zero-order chi connectivity index (χ0) is 30.9. The van der Waals surface area contributed by atoms with Gasteiger partial charge in [0.25, 0.3) is 21.8 Å². The number of anilines is 2. The Morgan fingerprint density at radius 2 is 1.74 bits per heavy atom. The van der Waals surface area contributed by atoms with Crippen molar-refractivity contribution in [3.63, 3.8) is 0 Å². The molecule has 2 aromatic heterocycles. The minimum atomic E-state index is -4.80. The van der Waals surface area contributed by atoms with Gasteiger partial charge in [-0.25, -0.2) is 13.1 Å². The molecule has 0 aliphatic carbocycles. The third-order valence-corrected chi connectivity index (χ3v) is 7.76. The van der Waals surface area contributed by atoms with Gasteiger partial charge in [-0.2, -0.15) is 23.3 Å². The molecule has 0 atom stereocenters. The Kier molecular flexibility index (Phi) is 7.67. The molecule has 0 spiro atoms. The lowest BCUT2D eigenvalue weighted by Gasteiger charge is -2.14. The Bertz CT molecular complexity index is 1920. The van der Waals surface area contributed by atoms with E-state index in [1.54, 1.807) is 31.2 Å². The zero-order valence-corrected chi connectivity index (χ0v) is 23.6. The van der Waals surface area contributed by atoms with Crippen molar-refractivity contribution in [2.45, 2.75) is 24.9 Å². The van der Waals surface area contributed by atoms with Gasteiger partial charge in [-0.15, -0.1) is 0 Å². The fourth-order valence-corrected chi connectivity index (χ4v) is 5.57. The highest BCUT2D eigenvalue weighted by Crippen LogP contribution is 2.38. The minimum Gasteiger partial charge on any atom is -0.495 e. The number of aromatic nitrogens is 4. The minimum absolute atomic E-state index is 0.0426. The SMILES string of the molecule is COc1ccccc1NS(=O)(=O)c1cc(C(=O)Nc2ccc(-n3ncc(-c4nc(C)no4)c3C(F)(F)F)cc2)ccc1C. The first kappa shape index (κ1) is 29.3. The number of sulfonamides is 1. The van der Waals surface area contributed by atoms with Crippen LogP contribution >= 0.6 is 0 Å². The highest BCUT2D eigenvalue weighted by molar-refractivity contribution is 7.92. The average Bonchev–Trinajstić information content (AvgIpc) is 3.60. The monoisotopic (exact) mass is 612 g/mol. The molecule has 0 aliphatic rings. The Morgan fingerprint density at radius 3 is 2.40 bits per heavy atom. The summed E-state index contributed by atoms with van der Waals surface area (Å²) in [6.45, 7) is 3.07. The first-order chi connectivity index (χ1) is 20.4. The van der Waals surface area contributed by atoms with E-state index < -0.39 is 27.8 Å². The molecule has 11 nitrogen and oxygen atoms in total. The molecular weight excluding hydrogens is 589 g/mol. The van der Waals surface area contributed by atoms with Crippen molar-refractivity contribution in [2.24, 2.45) is 0 Å². The largest absolute Gasteiger partial charge is 0.495 e. The number of carbonyl (C=O) groups excluding carboxylic acids is 1. The van der Waals surface area contributed by atoms with Gasteiger partial charge in [-0.3, -0.25) is 9.52 Å². The number of ether oxygens (including phenoxy) is 1. The van der Waals surface area contributed by atoms with Gasteiger partial charge in [-0.05, 0) is 67.9 Å². The molecule has 0 aliphatic heterocycles. The number of amides is 1. The number of rotatable bonds is 8. The van der Waals surface area contributed by atoms with Crippen molar-refractivity contribution >= 4 is 27.3 Å². The van der Waals surface area contributed by atoms with Gasteiger partial charge >= 0.3 is 6.18 Å². The van der Waals surface area contributed by atoms with E-state index in [-0.39, 0.29) is 44.8 Å². The summed E-state index contributed by atoms with van der Waals surface area (Å²) in [7, 11) is -2.69. The van der Waals surface area contributed by atoms with Gasteiger partial charge in [0.15, 0.2) is 11.5 Å². The van der Waals surface area contributed by atoms with Gasteiger partial charge < -0.3 is 14.6 Å². The first-order valence-corrected chi connectivity index (χ1v) is 14.0. The lowest BCUT2D eigenvalue weighted by Crippen LogP contribution is -2.17. The van der Waals surface area contributed by atoms with Crippen LogP contribution in [0.4, 0.5) is 24.5 Å². The van der Waals surface area contributed by atoms with Crippen LogP contribution in [0, 0.1) is 13.8 Å². The fourth-order valence-electron chi connectivity index (χ4n) is 4.23. The summed E-state index contributed by atoms with van der Waals surface area (Å²) in [5, 5.41) is 10.0. The number of nitrogens with zero attached hydrogens (tertiary/aromatic N) is 4. The molecule has 1 amide bonds. The second kappa shape index (κ2) is 11.2. The van der Waals surface area contributed by atoms with Crippen LogP contribution in [0.5, 0.6) is 5.75 Å². The molecule has 222 valence electrons. The van der Waals surface area contributed by atoms with Crippen molar-refractivity contribution in [3.8, 4) is 22.9 Å². The van der Waals surface area contributed by atoms with Crippen LogP contribution in [0.1, 0.15) is 27.4 Å². The van der Waals surface area contributed by atoms with E-state index in [2.05, 4.69) is 25.3 Å². The van der Waals surface area contributed by atoms with Gasteiger partial charge in [0.05, 0.1) is 35.1 Å². The van der Waals surface area contributed by atoms with E-state index in [1.807, 2.05) is 0 Å². The molecule has 0 saturated heterocycles. The standard InChI is InChI=1S/C28H23F3N6O5S/c1-16-8-9-18(14-24(16)43(39,40)36-22-6-4-5-7-23(22)41-3)26(38)34-19-10-12-20(13-11-19)37-25(28(29,30)31)21(15-32-37)27-33-17(2)35-42-27/h4-15,36H,1-3H3,(H,34,38). The van der Waals surface area contributed by atoms with Crippen LogP contribution in [-0.2, 0) is 16.2 Å². The lowest BCUT2D eigenvalue weighted by molar-refractivity contribution is -0.142. The summed E-state index contributed by atoms with van der Waals surface area (Å²) in [5.41, 5.74) is -0.513. The van der Waals surface area contributed by atoms with Crippen LogP contribution in [0.25, 0.3) is 17.1 Å². The molecule has 0 bridgehead atoms. The van der Waals surface area contributed by atoms with E-state index in [9.17, 15) is 26.4 Å². The number of aryl methyl sites for hydroxylation is 2. The van der Waals surface area contributed by atoms with Gasteiger partial charge in [-0.1, -0.05) is 23.4 Å². The third kappa shape index (κ3) is 6.06. The summed E-state index contributed by atoms with van der Waals surface area (Å²) >= 11 is 0. The first-order valence-electron chi connectivity index (χ1n) is 12.5. The molecule has 5 aromatic rings. The number of hydrogen-bond acceptors (Lipinski definition) is 8. The van der Waals surface area contributed by atoms with E-state index in [1.165, 1.54) is 56.5 Å². The van der Waals surface area contributed by atoms with Crippen molar-refractivity contribution in [1.82, 2.24) is 19.9 Å². The van der Waals surface area contributed by atoms with Gasteiger partial charge in [0, 0.05) is 11.3 Å². The van der Waals surface area contributed by atoms with Crippen LogP contribution in [-0.4, -0.2) is 41.4 Å². The molecule has 43 heavy (non-hydrogen) atoms. The second-order valence-electron chi connectivity index (χ2n) is 9.25. The number of alkyl halides is 3. The maximum Gasteiger partial charge on any atom is 0.434 e. The fraction of sp³-hybridized carbons (Fsp3) is 0.143. The predicted octanol–water partition coefficient (Wildman–Crippen LogP) is 5.62. The molecule has 3 aromatic carbocycles. The number of halogens is 3. The van der Waals surface area contributed by atoms with Crippen molar-refractivity contribution in [2.75, 3.05) is 17.1 Å². The Hall–Kier alpha value is -5.18. The number of nitrogens with one attached hydrogen (secondary N) is 2. The highest BCUT2D eigenvalue weighted by atomic mass is 32.2. The summed E-state index contributed by atoms with van der Waals surface area (Å²) in [5.74, 6) is -0.468. The predicted molar refractivity (Wildman–Crippen MR) is 150 cm³/mol. The molecule has 0 radical (unpaired) electrons. The molecule has 5 rings (SSSR count). The van der Waals surface area contributed by atoms with Gasteiger partial charge in [0.1, 0.15) is 5.75 Å². The molecular formula is C28H23F3N6O5S. The Morgan fingerprint density at radius 1 is 1.02 bits per heavy atom. The quantitative estimate of drug-likeness (QED) is 0.230. The van der Waals surface area contributed by atoms with E-state index in [4.69, 9.17) is 9.26 Å². The third-order valence-electron chi connectivity index (χ3n) is 6.26. The number of para-hydroxylation sites is 2. The summed E-state index contributed by atoms with van der Waals surface area (Å²) in [6, 6.07) is 16.1. The van der Waals surface area contributed by atoms with Crippen molar-refractivity contribution in [3.05, 3.63) is 95.6 Å². The topological polar surface area (TPSA) is 141 Å². The maximum atomic E-state index is 14.0. The number of methoxy groups -OCH3 is 1. The van der Waals surface area contributed by atoms with Gasteiger partial charge in [0.2, 0.25) is 0 Å². The van der Waals surface area contributed by atoms with Crippen LogP contribution in [0.3, 0.4) is 0 Å². The lowest BCUT2D eigenvalue weighted by atomic mass is 10.1. The van der Waals surface area contributed by atoms with Crippen LogP contribution in [0.2, 0.25) is 0 Å². The second-order valence-corrected chi connectivity index (χ2v) is 10.9. The summed E-state index contributed by atoms with van der Waals surface area (Å²) < 4.78 is 81.7. The number of hydrogen-bond donors (Lipinski definition) is 2. The van der Waals surface area contributed by atoms with Crippen molar-refractivity contribution in [1.29, 1.82) is 0 Å². The van der Waals surface area contributed by atoms with E-state index in [0.29, 0.717) is 16.0 Å². The molecule has 2 heterocycles. The zero-order valence-electron chi connectivity index (χ0n) is 22.8. The van der Waals surface area contributed by atoms with E-state index in [0.717, 1.165) is 6.20 Å². The average molecular weight is 613 g/mol.